The number of ether oxygens (including phenoxy) is 1. The Bertz CT molecular complexity index is 955. The number of fused-ring (bicyclic) bond motifs is 3. The molecule has 0 unspecified atom stereocenters. The predicted molar refractivity (Wildman–Crippen MR) is 102 cm³/mol. The molecule has 0 bridgehead atoms. The third-order valence-corrected chi connectivity index (χ3v) is 4.91. The van der Waals surface area contributed by atoms with E-state index in [1.807, 2.05) is 36.4 Å². The van der Waals surface area contributed by atoms with Crippen molar-refractivity contribution in [1.82, 2.24) is 15.3 Å². The van der Waals surface area contributed by atoms with Crippen molar-refractivity contribution in [3.05, 3.63) is 77.9 Å². The van der Waals surface area contributed by atoms with Crippen molar-refractivity contribution in [2.75, 3.05) is 6.61 Å². The summed E-state index contributed by atoms with van der Waals surface area (Å²) in [6.07, 6.45) is 1.98. The Morgan fingerprint density at radius 1 is 1.11 bits per heavy atom. The van der Waals surface area contributed by atoms with E-state index in [0.29, 0.717) is 5.69 Å². The molecule has 2 aromatic carbocycles. The SMILES string of the molecule is O=C(O)C[C@@H](NC(=O)OCC1c2ccccc2-c2ccccc21)c1cnc[nH]1. The lowest BCUT2D eigenvalue weighted by atomic mass is 9.98. The first-order valence-corrected chi connectivity index (χ1v) is 8.95. The Morgan fingerprint density at radius 3 is 2.32 bits per heavy atom. The molecule has 0 saturated heterocycles. The lowest BCUT2D eigenvalue weighted by Gasteiger charge is -2.18. The molecule has 0 fully saturated rings. The summed E-state index contributed by atoms with van der Waals surface area (Å²) < 4.78 is 5.47. The summed E-state index contributed by atoms with van der Waals surface area (Å²) in [5.41, 5.74) is 5.04. The van der Waals surface area contributed by atoms with E-state index in [1.54, 1.807) is 0 Å². The number of H-pyrrole nitrogens is 1. The fraction of sp³-hybridized carbons (Fsp3) is 0.190. The van der Waals surface area contributed by atoms with Crippen LogP contribution in [0.2, 0.25) is 0 Å². The van der Waals surface area contributed by atoms with E-state index < -0.39 is 18.1 Å². The Kier molecular flexibility index (Phi) is 4.80. The minimum atomic E-state index is -1.03. The van der Waals surface area contributed by atoms with Crippen molar-refractivity contribution in [1.29, 1.82) is 0 Å². The number of aromatic nitrogens is 2. The highest BCUT2D eigenvalue weighted by atomic mass is 16.5. The highest BCUT2D eigenvalue weighted by molar-refractivity contribution is 5.79. The van der Waals surface area contributed by atoms with Gasteiger partial charge >= 0.3 is 12.1 Å². The van der Waals surface area contributed by atoms with E-state index in [4.69, 9.17) is 9.84 Å². The van der Waals surface area contributed by atoms with Crippen LogP contribution in [0.4, 0.5) is 4.79 Å². The van der Waals surface area contributed by atoms with Crippen LogP contribution in [0.3, 0.4) is 0 Å². The number of carbonyl (C=O) groups is 2. The summed E-state index contributed by atoms with van der Waals surface area (Å²) in [4.78, 5) is 30.2. The van der Waals surface area contributed by atoms with Gasteiger partial charge in [0.05, 0.1) is 30.7 Å². The molecule has 3 N–H and O–H groups in total. The molecule has 1 aliphatic carbocycles. The smallest absolute Gasteiger partial charge is 0.407 e. The Morgan fingerprint density at radius 2 is 1.75 bits per heavy atom. The van der Waals surface area contributed by atoms with Gasteiger partial charge in [0.2, 0.25) is 0 Å². The number of nitrogens with one attached hydrogen (secondary N) is 2. The number of aliphatic carboxylic acids is 1. The molecule has 1 atom stereocenters. The van der Waals surface area contributed by atoms with Crippen molar-refractivity contribution in [3.8, 4) is 11.1 Å². The summed E-state index contributed by atoms with van der Waals surface area (Å²) in [6.45, 7) is 0.169. The Hall–Kier alpha value is -3.61. The molecule has 7 heteroatoms. The van der Waals surface area contributed by atoms with E-state index >= 15 is 0 Å². The van der Waals surface area contributed by atoms with E-state index in [2.05, 4.69) is 27.4 Å². The molecule has 28 heavy (non-hydrogen) atoms. The van der Waals surface area contributed by atoms with Crippen molar-refractivity contribution in [2.24, 2.45) is 0 Å². The largest absolute Gasteiger partial charge is 0.481 e. The van der Waals surface area contributed by atoms with Crippen molar-refractivity contribution in [3.63, 3.8) is 0 Å². The minimum Gasteiger partial charge on any atom is -0.481 e. The van der Waals surface area contributed by atoms with Crippen LogP contribution in [-0.4, -0.2) is 33.7 Å². The lowest BCUT2D eigenvalue weighted by molar-refractivity contribution is -0.137. The predicted octanol–water partition coefficient (Wildman–Crippen LogP) is 3.46. The number of rotatable bonds is 6. The van der Waals surface area contributed by atoms with Crippen LogP contribution in [0.15, 0.2) is 61.1 Å². The summed E-state index contributed by atoms with van der Waals surface area (Å²) in [5.74, 6) is -1.08. The van der Waals surface area contributed by atoms with Gasteiger partial charge in [0.25, 0.3) is 0 Å². The molecular formula is C21H19N3O4. The molecule has 4 rings (SSSR count). The number of aromatic amines is 1. The third kappa shape index (κ3) is 3.46. The number of nitrogens with zero attached hydrogens (tertiary/aromatic N) is 1. The fourth-order valence-corrected chi connectivity index (χ4v) is 3.65. The number of carboxylic acid groups (broad SMARTS) is 1. The van der Waals surface area contributed by atoms with Crippen LogP contribution < -0.4 is 5.32 Å². The molecule has 7 nitrogen and oxygen atoms in total. The Balaban J connectivity index is 1.47. The lowest BCUT2D eigenvalue weighted by Crippen LogP contribution is -2.31. The second-order valence-corrected chi connectivity index (χ2v) is 6.63. The molecule has 0 aliphatic heterocycles. The van der Waals surface area contributed by atoms with Crippen LogP contribution in [0.1, 0.15) is 35.2 Å². The second-order valence-electron chi connectivity index (χ2n) is 6.63. The number of imidazole rings is 1. The normalized spacial score (nSPS) is 13.4. The highest BCUT2D eigenvalue weighted by Gasteiger charge is 2.29. The van der Waals surface area contributed by atoms with Gasteiger partial charge in [-0.25, -0.2) is 9.78 Å². The van der Waals surface area contributed by atoms with Crippen LogP contribution in [0.25, 0.3) is 11.1 Å². The van der Waals surface area contributed by atoms with Crippen molar-refractivity contribution >= 4 is 12.1 Å². The van der Waals surface area contributed by atoms with Gasteiger partial charge in [0.15, 0.2) is 0 Å². The van der Waals surface area contributed by atoms with Gasteiger partial charge in [-0.15, -0.1) is 0 Å². The molecule has 0 saturated carbocycles. The number of hydrogen-bond donors (Lipinski definition) is 3. The van der Waals surface area contributed by atoms with E-state index in [9.17, 15) is 9.59 Å². The van der Waals surface area contributed by atoms with Gasteiger partial charge in [-0.3, -0.25) is 4.79 Å². The molecule has 0 radical (unpaired) electrons. The standard InChI is InChI=1S/C21H19N3O4/c25-20(26)9-18(19-10-22-12-23-19)24-21(27)28-11-17-15-7-3-1-5-13(15)14-6-2-4-8-16(14)17/h1-8,10,12,17-18H,9,11H2,(H,22,23)(H,24,27)(H,25,26)/t18-/m1/s1. The quantitative estimate of drug-likeness (QED) is 0.610. The van der Waals surface area contributed by atoms with Crippen LogP contribution in [0, 0.1) is 0 Å². The summed E-state index contributed by atoms with van der Waals surface area (Å²) >= 11 is 0. The highest BCUT2D eigenvalue weighted by Crippen LogP contribution is 2.44. The third-order valence-electron chi connectivity index (χ3n) is 4.91. The second kappa shape index (κ2) is 7.56. The van der Waals surface area contributed by atoms with Gasteiger partial charge in [0.1, 0.15) is 6.61 Å². The molecule has 1 aliphatic rings. The van der Waals surface area contributed by atoms with Gasteiger partial charge < -0.3 is 20.1 Å². The average molecular weight is 377 g/mol. The maximum absolute atomic E-state index is 12.4. The molecule has 0 spiro atoms. The van der Waals surface area contributed by atoms with Gasteiger partial charge in [0, 0.05) is 5.92 Å². The van der Waals surface area contributed by atoms with E-state index in [-0.39, 0.29) is 18.9 Å². The Labute approximate surface area is 161 Å². The maximum atomic E-state index is 12.4. The van der Waals surface area contributed by atoms with Crippen molar-refractivity contribution in [2.45, 2.75) is 18.4 Å². The van der Waals surface area contributed by atoms with Gasteiger partial charge in [-0.1, -0.05) is 48.5 Å². The van der Waals surface area contributed by atoms with E-state index in [1.165, 1.54) is 12.5 Å². The first kappa shape index (κ1) is 17.8. The fourth-order valence-electron chi connectivity index (χ4n) is 3.65. The van der Waals surface area contributed by atoms with Crippen LogP contribution in [-0.2, 0) is 9.53 Å². The minimum absolute atomic E-state index is 0.0526. The molecule has 1 aromatic heterocycles. The summed E-state index contributed by atoms with van der Waals surface area (Å²) in [6, 6.07) is 15.4. The number of amides is 1. The summed E-state index contributed by atoms with van der Waals surface area (Å²) in [5, 5.41) is 11.7. The first-order valence-electron chi connectivity index (χ1n) is 8.95. The van der Waals surface area contributed by atoms with Gasteiger partial charge in [-0.05, 0) is 22.3 Å². The molecular weight excluding hydrogens is 358 g/mol. The number of benzene rings is 2. The zero-order valence-electron chi connectivity index (χ0n) is 15.0. The molecule has 3 aromatic rings. The van der Waals surface area contributed by atoms with Crippen molar-refractivity contribution < 1.29 is 19.4 Å². The first-order chi connectivity index (χ1) is 13.6. The molecule has 142 valence electrons. The monoisotopic (exact) mass is 377 g/mol. The zero-order chi connectivity index (χ0) is 19.5. The number of carboxylic acids is 1. The van der Waals surface area contributed by atoms with Crippen LogP contribution >= 0.6 is 0 Å². The van der Waals surface area contributed by atoms with Gasteiger partial charge in [-0.2, -0.15) is 0 Å². The topological polar surface area (TPSA) is 104 Å². The zero-order valence-corrected chi connectivity index (χ0v) is 15.0. The van der Waals surface area contributed by atoms with Crippen LogP contribution in [0.5, 0.6) is 0 Å². The van der Waals surface area contributed by atoms with E-state index in [0.717, 1.165) is 22.3 Å². The average Bonchev–Trinajstić information content (AvgIpc) is 3.32. The number of alkyl carbamates (subject to hydrolysis) is 1. The molecule has 1 heterocycles. The summed E-state index contributed by atoms with van der Waals surface area (Å²) in [7, 11) is 0. The maximum Gasteiger partial charge on any atom is 0.407 e. The number of carbonyl (C=O) groups excluding carboxylic acids is 1. The molecule has 1 amide bonds. The number of hydrogen-bond acceptors (Lipinski definition) is 4.